The predicted molar refractivity (Wildman–Crippen MR) is 132 cm³/mol. The fraction of sp³-hybridized carbons (Fsp3) is 0.577. The van der Waals surface area contributed by atoms with E-state index >= 15 is 0 Å². The molecule has 7 heteroatoms. The van der Waals surface area contributed by atoms with E-state index in [1.807, 2.05) is 19.1 Å². The maximum atomic E-state index is 12.4. The normalized spacial score (nSPS) is 16.2. The van der Waals surface area contributed by atoms with E-state index in [1.54, 1.807) is 19.9 Å². The van der Waals surface area contributed by atoms with E-state index in [-0.39, 0.29) is 10.3 Å². The molecule has 0 aliphatic heterocycles. The van der Waals surface area contributed by atoms with E-state index in [2.05, 4.69) is 31.4 Å². The predicted octanol–water partition coefficient (Wildman–Crippen LogP) is 5.35. The molecule has 33 heavy (non-hydrogen) atoms. The zero-order valence-electron chi connectivity index (χ0n) is 20.7. The highest BCUT2D eigenvalue weighted by atomic mass is 32.2. The molecule has 6 nitrogen and oxygen atoms in total. The lowest BCUT2D eigenvalue weighted by Crippen LogP contribution is -2.29. The number of carboxylic acid groups (broad SMARTS) is 1. The van der Waals surface area contributed by atoms with Gasteiger partial charge in [-0.2, -0.15) is 0 Å². The number of primary sulfonamides is 1. The molecule has 3 rings (SSSR count). The van der Waals surface area contributed by atoms with Gasteiger partial charge in [0.15, 0.2) is 0 Å². The number of aromatic nitrogens is 1. The summed E-state index contributed by atoms with van der Waals surface area (Å²) in [7, 11) is -3.89. The molecule has 0 bridgehead atoms. The number of hydrogen-bond donors (Lipinski definition) is 2. The molecule has 1 saturated carbocycles. The van der Waals surface area contributed by atoms with E-state index in [0.29, 0.717) is 17.2 Å². The van der Waals surface area contributed by atoms with Gasteiger partial charge in [0.25, 0.3) is 0 Å². The number of benzene rings is 1. The van der Waals surface area contributed by atoms with Crippen molar-refractivity contribution in [2.45, 2.75) is 95.9 Å². The van der Waals surface area contributed by atoms with Gasteiger partial charge in [0.05, 0.1) is 5.41 Å². The standard InChI is InChI=1S/C26H38N2O4S/c1-17-23(33(27,31)32)15-22(28(17)16-18-10-8-7-9-11-18)19-12-20(25(2,3)4)14-21(13-19)26(5,6)24(29)30/h12-15,18H,7-11,16H2,1-6H3,(H,29,30)(H2,27,31,32). The molecule has 1 fully saturated rings. The van der Waals surface area contributed by atoms with Gasteiger partial charge in [-0.15, -0.1) is 0 Å². The summed E-state index contributed by atoms with van der Waals surface area (Å²) in [6.45, 7) is 12.2. The highest BCUT2D eigenvalue weighted by Gasteiger charge is 2.32. The van der Waals surface area contributed by atoms with Crippen LogP contribution in [0.4, 0.5) is 0 Å². The summed E-state index contributed by atoms with van der Waals surface area (Å²) in [5, 5.41) is 15.4. The van der Waals surface area contributed by atoms with Crippen LogP contribution in [-0.2, 0) is 32.2 Å². The molecule has 0 saturated heterocycles. The van der Waals surface area contributed by atoms with Crippen LogP contribution in [-0.4, -0.2) is 24.1 Å². The second kappa shape index (κ2) is 8.91. The molecule has 1 aliphatic carbocycles. The number of carboxylic acids is 1. The first-order valence-electron chi connectivity index (χ1n) is 11.7. The molecule has 3 N–H and O–H groups in total. The monoisotopic (exact) mass is 474 g/mol. The van der Waals surface area contributed by atoms with Crippen LogP contribution in [0.15, 0.2) is 29.2 Å². The second-order valence-corrected chi connectivity index (χ2v) is 12.6. The van der Waals surface area contributed by atoms with Crippen LogP contribution in [0.3, 0.4) is 0 Å². The number of nitrogens with two attached hydrogens (primary N) is 1. The Bertz CT molecular complexity index is 1150. The molecule has 0 spiro atoms. The van der Waals surface area contributed by atoms with Gasteiger partial charge in [0.1, 0.15) is 4.90 Å². The Kier molecular flexibility index (Phi) is 6.89. The molecule has 0 amide bonds. The first kappa shape index (κ1) is 25.5. The van der Waals surface area contributed by atoms with E-state index in [4.69, 9.17) is 5.14 Å². The van der Waals surface area contributed by atoms with Gasteiger partial charge in [-0.1, -0.05) is 46.1 Å². The van der Waals surface area contributed by atoms with Crippen LogP contribution in [0.25, 0.3) is 11.3 Å². The summed E-state index contributed by atoms with van der Waals surface area (Å²) in [5.41, 5.74) is 2.63. The van der Waals surface area contributed by atoms with Crippen molar-refractivity contribution < 1.29 is 18.3 Å². The average Bonchev–Trinajstić information content (AvgIpc) is 3.04. The van der Waals surface area contributed by atoms with Crippen LogP contribution < -0.4 is 5.14 Å². The maximum absolute atomic E-state index is 12.4. The fourth-order valence-corrected chi connectivity index (χ4v) is 5.50. The van der Waals surface area contributed by atoms with Gasteiger partial charge in [-0.05, 0) is 79.8 Å². The lowest BCUT2D eigenvalue weighted by Gasteiger charge is -2.27. The van der Waals surface area contributed by atoms with Crippen molar-refractivity contribution in [1.82, 2.24) is 4.57 Å². The smallest absolute Gasteiger partial charge is 0.313 e. The number of rotatable bonds is 6. The Morgan fingerprint density at radius 2 is 1.61 bits per heavy atom. The number of hydrogen-bond acceptors (Lipinski definition) is 3. The van der Waals surface area contributed by atoms with E-state index in [0.717, 1.165) is 36.2 Å². The van der Waals surface area contributed by atoms with Gasteiger partial charge in [-0.25, -0.2) is 13.6 Å². The van der Waals surface area contributed by atoms with Crippen molar-refractivity contribution in [2.75, 3.05) is 0 Å². The van der Waals surface area contributed by atoms with Gasteiger partial charge >= 0.3 is 5.97 Å². The van der Waals surface area contributed by atoms with E-state index in [1.165, 1.54) is 19.3 Å². The fourth-order valence-electron chi connectivity index (χ4n) is 4.70. The van der Waals surface area contributed by atoms with Crippen molar-refractivity contribution >= 4 is 16.0 Å². The zero-order valence-corrected chi connectivity index (χ0v) is 21.6. The summed E-state index contributed by atoms with van der Waals surface area (Å²) in [4.78, 5) is 12.2. The van der Waals surface area contributed by atoms with Crippen LogP contribution in [0.2, 0.25) is 0 Å². The number of nitrogens with zero attached hydrogens (tertiary/aromatic N) is 1. The van der Waals surface area contributed by atoms with Crippen molar-refractivity contribution in [2.24, 2.45) is 11.1 Å². The summed E-state index contributed by atoms with van der Waals surface area (Å²) in [5.74, 6) is -0.420. The molecule has 0 radical (unpaired) electrons. The molecule has 1 aromatic carbocycles. The number of carbonyl (C=O) groups is 1. The van der Waals surface area contributed by atoms with E-state index < -0.39 is 21.4 Å². The van der Waals surface area contributed by atoms with Crippen molar-refractivity contribution in [1.29, 1.82) is 0 Å². The lowest BCUT2D eigenvalue weighted by molar-refractivity contribution is -0.142. The molecule has 0 unspecified atom stereocenters. The van der Waals surface area contributed by atoms with Crippen LogP contribution in [0.1, 0.15) is 83.5 Å². The molecule has 2 aromatic rings. The average molecular weight is 475 g/mol. The first-order chi connectivity index (χ1) is 15.1. The van der Waals surface area contributed by atoms with Crippen molar-refractivity contribution in [3.63, 3.8) is 0 Å². The van der Waals surface area contributed by atoms with Gasteiger partial charge in [0.2, 0.25) is 10.0 Å². The summed E-state index contributed by atoms with van der Waals surface area (Å²) in [6.07, 6.45) is 5.89. The Labute approximate surface area is 198 Å². The molecule has 1 heterocycles. The third-order valence-corrected chi connectivity index (χ3v) is 8.17. The number of aliphatic carboxylic acids is 1. The third-order valence-electron chi connectivity index (χ3n) is 7.14. The number of sulfonamides is 1. The summed E-state index contributed by atoms with van der Waals surface area (Å²) < 4.78 is 26.8. The van der Waals surface area contributed by atoms with Gasteiger partial charge < -0.3 is 9.67 Å². The zero-order chi connectivity index (χ0) is 24.8. The third kappa shape index (κ3) is 5.35. The lowest BCUT2D eigenvalue weighted by atomic mass is 9.78. The van der Waals surface area contributed by atoms with Crippen molar-refractivity contribution in [3.8, 4) is 11.3 Å². The first-order valence-corrected chi connectivity index (χ1v) is 13.3. The van der Waals surface area contributed by atoms with Gasteiger partial charge in [-0.3, -0.25) is 4.79 Å². The summed E-state index contributed by atoms with van der Waals surface area (Å²) in [6, 6.07) is 7.56. The molecule has 1 aromatic heterocycles. The van der Waals surface area contributed by atoms with Gasteiger partial charge in [0, 0.05) is 17.9 Å². The van der Waals surface area contributed by atoms with Crippen LogP contribution in [0.5, 0.6) is 0 Å². The highest BCUT2D eigenvalue weighted by molar-refractivity contribution is 7.89. The van der Waals surface area contributed by atoms with Crippen LogP contribution >= 0.6 is 0 Å². The minimum Gasteiger partial charge on any atom is -0.481 e. The topological polar surface area (TPSA) is 102 Å². The Hall–Kier alpha value is -2.12. The molecular formula is C26H38N2O4S. The quantitative estimate of drug-likeness (QED) is 0.589. The minimum absolute atomic E-state index is 0.133. The van der Waals surface area contributed by atoms with Crippen molar-refractivity contribution in [3.05, 3.63) is 41.1 Å². The Morgan fingerprint density at radius 1 is 1.03 bits per heavy atom. The Balaban J connectivity index is 2.26. The largest absolute Gasteiger partial charge is 0.481 e. The van der Waals surface area contributed by atoms with E-state index in [9.17, 15) is 18.3 Å². The van der Waals surface area contributed by atoms with Crippen LogP contribution in [0, 0.1) is 12.8 Å². The molecule has 1 aliphatic rings. The SMILES string of the molecule is Cc1c(S(N)(=O)=O)cc(-c2cc(C(C)(C)C)cc(C(C)(C)C(=O)O)c2)n1CC1CCCCC1. The summed E-state index contributed by atoms with van der Waals surface area (Å²) >= 11 is 0. The molecule has 182 valence electrons. The Morgan fingerprint density at radius 3 is 2.12 bits per heavy atom. The second-order valence-electron chi connectivity index (χ2n) is 11.1. The maximum Gasteiger partial charge on any atom is 0.313 e. The molecular weight excluding hydrogens is 436 g/mol. The highest BCUT2D eigenvalue weighted by Crippen LogP contribution is 2.37. The molecule has 0 atom stereocenters. The minimum atomic E-state index is -3.89.